The van der Waals surface area contributed by atoms with E-state index >= 15 is 0 Å². The summed E-state index contributed by atoms with van der Waals surface area (Å²) in [5.41, 5.74) is 5.02. The summed E-state index contributed by atoms with van der Waals surface area (Å²) in [6, 6.07) is 7.96. The summed E-state index contributed by atoms with van der Waals surface area (Å²) in [4.78, 5) is 26.0. The van der Waals surface area contributed by atoms with E-state index in [0.717, 1.165) is 0 Å². The molecule has 0 fully saturated rings. The number of benzene rings is 1. The molecule has 1 heterocycles. The van der Waals surface area contributed by atoms with Gasteiger partial charge in [0.15, 0.2) is 0 Å². The molecule has 98 valence electrons. The molecule has 0 atom stereocenters. The molecule has 19 heavy (non-hydrogen) atoms. The van der Waals surface area contributed by atoms with Gasteiger partial charge in [-0.1, -0.05) is 35.3 Å². The molecule has 1 aromatic heterocycles. The largest absolute Gasteiger partial charge is 0.356 e. The first-order chi connectivity index (χ1) is 9.08. The van der Waals surface area contributed by atoms with Crippen LogP contribution in [0.3, 0.4) is 0 Å². The molecule has 0 saturated carbocycles. The number of rotatable bonds is 2. The number of aromatic amines is 1. The molecule has 3 N–H and O–H groups in total. The van der Waals surface area contributed by atoms with Crippen molar-refractivity contribution in [2.75, 3.05) is 0 Å². The van der Waals surface area contributed by atoms with Crippen LogP contribution in [0.15, 0.2) is 36.5 Å². The van der Waals surface area contributed by atoms with Gasteiger partial charge in [-0.3, -0.25) is 20.4 Å². The Kier molecular flexibility index (Phi) is 4.09. The van der Waals surface area contributed by atoms with Crippen LogP contribution in [0.2, 0.25) is 10.0 Å². The molecule has 0 radical (unpaired) electrons. The van der Waals surface area contributed by atoms with E-state index in [1.165, 1.54) is 12.3 Å². The van der Waals surface area contributed by atoms with Crippen LogP contribution in [0.4, 0.5) is 0 Å². The Bertz CT molecular complexity index is 625. The number of hydrogen-bond acceptors (Lipinski definition) is 2. The molecule has 1 aromatic carbocycles. The lowest BCUT2D eigenvalue weighted by Crippen LogP contribution is -2.41. The topological polar surface area (TPSA) is 74.0 Å². The van der Waals surface area contributed by atoms with E-state index in [2.05, 4.69) is 15.8 Å². The zero-order valence-electron chi connectivity index (χ0n) is 9.54. The standard InChI is InChI=1S/C12H9Cl2N3O2/c13-7-5-10(15-6-7)12(19)17-16-11(18)8-3-1-2-4-9(8)14/h1-6,15H,(H,16,18)(H,17,19). The van der Waals surface area contributed by atoms with E-state index in [-0.39, 0.29) is 11.3 Å². The van der Waals surface area contributed by atoms with Gasteiger partial charge in [-0.2, -0.15) is 0 Å². The zero-order valence-corrected chi connectivity index (χ0v) is 11.0. The minimum atomic E-state index is -0.507. The van der Waals surface area contributed by atoms with Crippen molar-refractivity contribution in [3.05, 3.63) is 57.8 Å². The number of aromatic nitrogens is 1. The van der Waals surface area contributed by atoms with Crippen LogP contribution in [0.1, 0.15) is 20.8 Å². The van der Waals surface area contributed by atoms with Crippen LogP contribution < -0.4 is 10.9 Å². The van der Waals surface area contributed by atoms with Gasteiger partial charge in [0.25, 0.3) is 11.8 Å². The fourth-order valence-electron chi connectivity index (χ4n) is 1.39. The second-order valence-corrected chi connectivity index (χ2v) is 4.46. The number of carbonyl (C=O) groups excluding carboxylic acids is 2. The highest BCUT2D eigenvalue weighted by Gasteiger charge is 2.12. The van der Waals surface area contributed by atoms with Crippen molar-refractivity contribution in [3.8, 4) is 0 Å². The van der Waals surface area contributed by atoms with E-state index < -0.39 is 11.8 Å². The summed E-state index contributed by atoms with van der Waals surface area (Å²) in [5, 5.41) is 0.708. The van der Waals surface area contributed by atoms with Crippen LogP contribution in [-0.2, 0) is 0 Å². The van der Waals surface area contributed by atoms with Crippen molar-refractivity contribution >= 4 is 35.0 Å². The number of H-pyrrole nitrogens is 1. The summed E-state index contributed by atoms with van der Waals surface area (Å²) in [6.45, 7) is 0. The molecule has 5 nitrogen and oxygen atoms in total. The van der Waals surface area contributed by atoms with Crippen molar-refractivity contribution in [2.45, 2.75) is 0 Å². The second kappa shape index (κ2) is 5.77. The van der Waals surface area contributed by atoms with Crippen molar-refractivity contribution in [1.29, 1.82) is 0 Å². The molecule has 0 bridgehead atoms. The molecular weight excluding hydrogens is 289 g/mol. The highest BCUT2D eigenvalue weighted by atomic mass is 35.5. The highest BCUT2D eigenvalue weighted by Crippen LogP contribution is 2.14. The Morgan fingerprint density at radius 2 is 1.74 bits per heavy atom. The van der Waals surface area contributed by atoms with E-state index in [0.29, 0.717) is 10.0 Å². The number of hydrazine groups is 1. The van der Waals surface area contributed by atoms with Gasteiger partial charge in [-0.25, -0.2) is 0 Å². The lowest BCUT2D eigenvalue weighted by molar-refractivity contribution is 0.0844. The maximum atomic E-state index is 11.8. The fraction of sp³-hybridized carbons (Fsp3) is 0. The lowest BCUT2D eigenvalue weighted by Gasteiger charge is -2.07. The molecule has 0 saturated heterocycles. The van der Waals surface area contributed by atoms with Crippen molar-refractivity contribution < 1.29 is 9.59 Å². The normalized spacial score (nSPS) is 10.0. The third-order valence-electron chi connectivity index (χ3n) is 2.30. The first-order valence-corrected chi connectivity index (χ1v) is 6.02. The van der Waals surface area contributed by atoms with Crippen molar-refractivity contribution in [1.82, 2.24) is 15.8 Å². The third kappa shape index (κ3) is 3.27. The van der Waals surface area contributed by atoms with Gasteiger partial charge in [0.2, 0.25) is 0 Å². The van der Waals surface area contributed by atoms with Gasteiger partial charge in [-0.15, -0.1) is 0 Å². The predicted molar refractivity (Wildman–Crippen MR) is 72.2 cm³/mol. The molecular formula is C12H9Cl2N3O2. The van der Waals surface area contributed by atoms with Gasteiger partial charge < -0.3 is 4.98 Å². The summed E-state index contributed by atoms with van der Waals surface area (Å²) >= 11 is 11.5. The SMILES string of the molecule is O=C(NNC(=O)c1ccccc1Cl)c1cc(Cl)c[nH]1. The quantitative estimate of drug-likeness (QED) is 0.745. The zero-order chi connectivity index (χ0) is 13.8. The van der Waals surface area contributed by atoms with Crippen LogP contribution in [0.25, 0.3) is 0 Å². The molecule has 0 aliphatic heterocycles. The number of amides is 2. The van der Waals surface area contributed by atoms with Gasteiger partial charge in [0, 0.05) is 6.20 Å². The number of nitrogens with one attached hydrogen (secondary N) is 3. The summed E-state index contributed by atoms with van der Waals surface area (Å²) in [7, 11) is 0. The van der Waals surface area contributed by atoms with Crippen molar-refractivity contribution in [2.24, 2.45) is 0 Å². The smallest absolute Gasteiger partial charge is 0.286 e. The fourth-order valence-corrected chi connectivity index (χ4v) is 1.78. The summed E-state index contributed by atoms with van der Waals surface area (Å²) in [6.07, 6.45) is 1.46. The molecule has 2 aromatic rings. The molecule has 0 spiro atoms. The van der Waals surface area contributed by atoms with Crippen LogP contribution in [-0.4, -0.2) is 16.8 Å². The number of halogens is 2. The molecule has 7 heteroatoms. The molecule has 0 aliphatic carbocycles. The van der Waals surface area contributed by atoms with Crippen LogP contribution in [0, 0.1) is 0 Å². The molecule has 0 aliphatic rings. The monoisotopic (exact) mass is 297 g/mol. The Hall–Kier alpha value is -1.98. The van der Waals surface area contributed by atoms with E-state index in [1.807, 2.05) is 0 Å². The Labute approximate surface area is 118 Å². The minimum Gasteiger partial charge on any atom is -0.356 e. The van der Waals surface area contributed by atoms with Gasteiger partial charge in [0.05, 0.1) is 15.6 Å². The predicted octanol–water partition coefficient (Wildman–Crippen LogP) is 2.40. The first kappa shape index (κ1) is 13.5. The second-order valence-electron chi connectivity index (χ2n) is 3.62. The Balaban J connectivity index is 1.98. The maximum Gasteiger partial charge on any atom is 0.286 e. The van der Waals surface area contributed by atoms with E-state index in [9.17, 15) is 9.59 Å². The maximum absolute atomic E-state index is 11.8. The summed E-state index contributed by atoms with van der Waals surface area (Å²) in [5.74, 6) is -1.01. The number of carbonyl (C=O) groups is 2. The van der Waals surface area contributed by atoms with Crippen LogP contribution in [0.5, 0.6) is 0 Å². The van der Waals surface area contributed by atoms with Gasteiger partial charge in [0.1, 0.15) is 5.69 Å². The average Bonchev–Trinajstić information content (AvgIpc) is 2.83. The number of hydrogen-bond donors (Lipinski definition) is 3. The van der Waals surface area contributed by atoms with Gasteiger partial charge in [-0.05, 0) is 18.2 Å². The highest BCUT2D eigenvalue weighted by molar-refractivity contribution is 6.33. The van der Waals surface area contributed by atoms with E-state index in [1.54, 1.807) is 24.3 Å². The molecule has 2 rings (SSSR count). The molecule has 0 unspecified atom stereocenters. The Morgan fingerprint density at radius 1 is 1.05 bits per heavy atom. The average molecular weight is 298 g/mol. The molecule has 2 amide bonds. The first-order valence-electron chi connectivity index (χ1n) is 5.27. The van der Waals surface area contributed by atoms with E-state index in [4.69, 9.17) is 23.2 Å². The third-order valence-corrected chi connectivity index (χ3v) is 2.85. The van der Waals surface area contributed by atoms with Gasteiger partial charge >= 0.3 is 0 Å². The summed E-state index contributed by atoms with van der Waals surface area (Å²) < 4.78 is 0. The van der Waals surface area contributed by atoms with Crippen LogP contribution >= 0.6 is 23.2 Å². The minimum absolute atomic E-state index is 0.240. The van der Waals surface area contributed by atoms with Crippen molar-refractivity contribution in [3.63, 3.8) is 0 Å². The Morgan fingerprint density at radius 3 is 2.37 bits per heavy atom. The lowest BCUT2D eigenvalue weighted by atomic mass is 10.2.